The second kappa shape index (κ2) is 4.85. The first-order chi connectivity index (χ1) is 9.79. The number of piperidine rings is 1. The molecule has 0 unspecified atom stereocenters. The van der Waals surface area contributed by atoms with Crippen LogP contribution in [0, 0.1) is 5.82 Å². The van der Waals surface area contributed by atoms with Gasteiger partial charge in [-0.2, -0.15) is 5.10 Å². The number of benzene rings is 1. The Hall–Kier alpha value is -1.42. The Balaban J connectivity index is 1.49. The summed E-state index contributed by atoms with van der Waals surface area (Å²) in [4.78, 5) is 2.64. The summed E-state index contributed by atoms with van der Waals surface area (Å²) in [5.74, 6) is -0.183. The number of aromatic nitrogens is 2. The molecule has 1 aliphatic heterocycles. The number of fused-ring (bicyclic) bond motifs is 1. The van der Waals surface area contributed by atoms with E-state index in [2.05, 4.69) is 14.7 Å². The molecule has 3 nitrogen and oxygen atoms in total. The molecule has 2 fully saturated rings. The van der Waals surface area contributed by atoms with Gasteiger partial charge in [0.1, 0.15) is 5.82 Å². The van der Waals surface area contributed by atoms with Crippen molar-refractivity contribution < 1.29 is 4.39 Å². The zero-order chi connectivity index (χ0) is 13.5. The predicted molar refractivity (Wildman–Crippen MR) is 77.2 cm³/mol. The van der Waals surface area contributed by atoms with Crippen molar-refractivity contribution in [3.63, 3.8) is 0 Å². The van der Waals surface area contributed by atoms with Crippen LogP contribution in [0.25, 0.3) is 10.9 Å². The van der Waals surface area contributed by atoms with Crippen LogP contribution >= 0.6 is 0 Å². The third kappa shape index (κ3) is 2.12. The van der Waals surface area contributed by atoms with E-state index in [9.17, 15) is 4.39 Å². The van der Waals surface area contributed by atoms with Crippen LogP contribution in [0.2, 0.25) is 0 Å². The van der Waals surface area contributed by atoms with Gasteiger partial charge in [0, 0.05) is 30.7 Å². The highest BCUT2D eigenvalue weighted by molar-refractivity contribution is 5.77. The summed E-state index contributed by atoms with van der Waals surface area (Å²) < 4.78 is 15.3. The highest BCUT2D eigenvalue weighted by Gasteiger charge is 2.29. The fourth-order valence-corrected chi connectivity index (χ4v) is 3.47. The van der Waals surface area contributed by atoms with Gasteiger partial charge >= 0.3 is 0 Å². The molecule has 2 heterocycles. The number of rotatable bonds is 2. The Bertz CT molecular complexity index is 609. The van der Waals surface area contributed by atoms with Gasteiger partial charge in [-0.05, 0) is 43.9 Å². The third-order valence-corrected chi connectivity index (χ3v) is 4.95. The van der Waals surface area contributed by atoms with Crippen molar-refractivity contribution in [1.29, 1.82) is 0 Å². The monoisotopic (exact) mass is 273 g/mol. The van der Waals surface area contributed by atoms with Gasteiger partial charge in [-0.3, -0.25) is 4.68 Å². The van der Waals surface area contributed by atoms with Crippen molar-refractivity contribution in [2.24, 2.45) is 0 Å². The molecular weight excluding hydrogens is 253 g/mol. The molecule has 0 spiro atoms. The van der Waals surface area contributed by atoms with Crippen molar-refractivity contribution in [2.75, 3.05) is 13.1 Å². The smallest absolute Gasteiger partial charge is 0.124 e. The average Bonchev–Trinajstić information content (AvgIpc) is 2.80. The van der Waals surface area contributed by atoms with Gasteiger partial charge in [0.2, 0.25) is 0 Å². The van der Waals surface area contributed by atoms with E-state index in [4.69, 9.17) is 0 Å². The fourth-order valence-electron chi connectivity index (χ4n) is 3.47. The van der Waals surface area contributed by atoms with Gasteiger partial charge in [0.05, 0.1) is 11.6 Å². The normalized spacial score (nSPS) is 22.2. The van der Waals surface area contributed by atoms with E-state index in [1.54, 1.807) is 12.1 Å². The van der Waals surface area contributed by atoms with Crippen molar-refractivity contribution in [1.82, 2.24) is 14.7 Å². The Morgan fingerprint density at radius 3 is 2.55 bits per heavy atom. The summed E-state index contributed by atoms with van der Waals surface area (Å²) in [5.41, 5.74) is 0.896. The molecule has 2 aliphatic rings. The minimum Gasteiger partial charge on any atom is -0.300 e. The molecule has 4 heteroatoms. The molecule has 1 aromatic carbocycles. The minimum atomic E-state index is -0.183. The maximum absolute atomic E-state index is 13.2. The zero-order valence-corrected chi connectivity index (χ0v) is 11.6. The predicted octanol–water partition coefficient (Wildman–Crippen LogP) is 3.36. The minimum absolute atomic E-state index is 0.183. The van der Waals surface area contributed by atoms with Crippen molar-refractivity contribution >= 4 is 10.9 Å². The van der Waals surface area contributed by atoms with E-state index in [1.807, 2.05) is 6.20 Å². The number of hydrogen-bond donors (Lipinski definition) is 0. The van der Waals surface area contributed by atoms with Crippen LogP contribution in [0.15, 0.2) is 24.4 Å². The zero-order valence-electron chi connectivity index (χ0n) is 11.6. The van der Waals surface area contributed by atoms with Crippen LogP contribution in [0.3, 0.4) is 0 Å². The number of halogens is 1. The molecule has 1 aliphatic carbocycles. The second-order valence-electron chi connectivity index (χ2n) is 6.16. The van der Waals surface area contributed by atoms with Crippen LogP contribution in [-0.4, -0.2) is 33.8 Å². The second-order valence-corrected chi connectivity index (χ2v) is 6.16. The van der Waals surface area contributed by atoms with Crippen LogP contribution in [0.1, 0.15) is 38.1 Å². The maximum atomic E-state index is 13.2. The molecule has 1 saturated carbocycles. The molecule has 0 amide bonds. The van der Waals surface area contributed by atoms with Crippen LogP contribution in [-0.2, 0) is 0 Å². The van der Waals surface area contributed by atoms with Crippen molar-refractivity contribution in [3.8, 4) is 0 Å². The first-order valence-corrected chi connectivity index (χ1v) is 7.68. The largest absolute Gasteiger partial charge is 0.300 e. The molecule has 0 bridgehead atoms. The van der Waals surface area contributed by atoms with Gasteiger partial charge in [-0.25, -0.2) is 4.39 Å². The quantitative estimate of drug-likeness (QED) is 0.836. The summed E-state index contributed by atoms with van der Waals surface area (Å²) in [6, 6.07) is 6.15. The topological polar surface area (TPSA) is 21.1 Å². The Kier molecular flexibility index (Phi) is 2.99. The molecule has 1 saturated heterocycles. The lowest BCUT2D eigenvalue weighted by Crippen LogP contribution is -2.45. The van der Waals surface area contributed by atoms with Crippen LogP contribution in [0.4, 0.5) is 4.39 Å². The van der Waals surface area contributed by atoms with Gasteiger partial charge in [-0.15, -0.1) is 0 Å². The SMILES string of the molecule is Fc1ccc2nn(C3CCN(C4CCC4)CC3)cc2c1. The van der Waals surface area contributed by atoms with E-state index < -0.39 is 0 Å². The highest BCUT2D eigenvalue weighted by atomic mass is 19.1. The molecule has 4 rings (SSSR count). The first-order valence-electron chi connectivity index (χ1n) is 7.68. The molecule has 20 heavy (non-hydrogen) atoms. The molecule has 2 aromatic rings. The molecule has 0 atom stereocenters. The number of likely N-dealkylation sites (tertiary alicyclic amines) is 1. The summed E-state index contributed by atoms with van der Waals surface area (Å²) in [6.45, 7) is 2.36. The molecule has 0 N–H and O–H groups in total. The molecule has 106 valence electrons. The Labute approximate surface area is 118 Å². The lowest BCUT2D eigenvalue weighted by atomic mass is 9.89. The first kappa shape index (κ1) is 12.3. The van der Waals surface area contributed by atoms with Crippen LogP contribution < -0.4 is 0 Å². The standard InChI is InChI=1S/C16H20FN3/c17-13-4-5-16-12(10-13)11-20(18-16)15-6-8-19(9-7-15)14-2-1-3-14/h4-5,10-11,14-15H,1-3,6-9H2. The van der Waals surface area contributed by atoms with E-state index >= 15 is 0 Å². The van der Waals surface area contributed by atoms with E-state index in [0.717, 1.165) is 29.8 Å². The maximum Gasteiger partial charge on any atom is 0.124 e. The fraction of sp³-hybridized carbons (Fsp3) is 0.562. The Morgan fingerprint density at radius 2 is 1.85 bits per heavy atom. The molecule has 1 aromatic heterocycles. The third-order valence-electron chi connectivity index (χ3n) is 4.95. The van der Waals surface area contributed by atoms with E-state index in [-0.39, 0.29) is 5.82 Å². The summed E-state index contributed by atoms with van der Waals surface area (Å²) >= 11 is 0. The lowest BCUT2D eigenvalue weighted by Gasteiger charge is -2.41. The van der Waals surface area contributed by atoms with Crippen molar-refractivity contribution in [2.45, 2.75) is 44.2 Å². The van der Waals surface area contributed by atoms with Crippen molar-refractivity contribution in [3.05, 3.63) is 30.2 Å². The summed E-state index contributed by atoms with van der Waals surface area (Å²) in [7, 11) is 0. The number of hydrogen-bond acceptors (Lipinski definition) is 2. The van der Waals surface area contributed by atoms with Gasteiger partial charge < -0.3 is 4.90 Å². The summed E-state index contributed by atoms with van der Waals surface area (Å²) in [5, 5.41) is 5.52. The van der Waals surface area contributed by atoms with E-state index in [0.29, 0.717) is 6.04 Å². The van der Waals surface area contributed by atoms with Gasteiger partial charge in [0.25, 0.3) is 0 Å². The molecule has 0 radical (unpaired) electrons. The summed E-state index contributed by atoms with van der Waals surface area (Å²) in [6.07, 6.45) is 8.49. The lowest BCUT2D eigenvalue weighted by molar-refractivity contribution is 0.0844. The number of nitrogens with zero attached hydrogens (tertiary/aromatic N) is 3. The van der Waals surface area contributed by atoms with E-state index in [1.165, 1.54) is 38.4 Å². The highest BCUT2D eigenvalue weighted by Crippen LogP contribution is 2.31. The van der Waals surface area contributed by atoms with Gasteiger partial charge in [0.15, 0.2) is 0 Å². The van der Waals surface area contributed by atoms with Gasteiger partial charge in [-0.1, -0.05) is 6.42 Å². The Morgan fingerprint density at radius 1 is 1.05 bits per heavy atom. The average molecular weight is 273 g/mol. The molecular formula is C16H20FN3. The van der Waals surface area contributed by atoms with Crippen LogP contribution in [0.5, 0.6) is 0 Å².